The minimum absolute atomic E-state index is 0.239. The number of likely N-dealkylation sites (N-methyl/N-ethyl adjacent to an activating group) is 1. The highest BCUT2D eigenvalue weighted by Gasteiger charge is 2.31. The zero-order chi connectivity index (χ0) is 12.3. The van der Waals surface area contributed by atoms with Crippen LogP contribution in [0.3, 0.4) is 0 Å². The van der Waals surface area contributed by atoms with Crippen LogP contribution in [0.2, 0.25) is 0 Å². The van der Waals surface area contributed by atoms with Gasteiger partial charge < -0.3 is 10.1 Å². The highest BCUT2D eigenvalue weighted by atomic mass is 19.1. The van der Waals surface area contributed by atoms with Crippen LogP contribution in [0.1, 0.15) is 25.3 Å². The molecule has 0 spiro atoms. The van der Waals surface area contributed by atoms with E-state index in [1.165, 1.54) is 25.0 Å². The first-order valence-electron chi connectivity index (χ1n) is 6.33. The number of hydrogen-bond donors (Lipinski definition) is 1. The van der Waals surface area contributed by atoms with Crippen molar-refractivity contribution in [3.05, 3.63) is 29.6 Å². The van der Waals surface area contributed by atoms with Crippen LogP contribution in [0.15, 0.2) is 18.2 Å². The number of aryl methyl sites for hydroxylation is 1. The highest BCUT2D eigenvalue weighted by molar-refractivity contribution is 5.32. The number of nitrogens with one attached hydrogen (secondary N) is 1. The molecule has 0 radical (unpaired) electrons. The van der Waals surface area contributed by atoms with Gasteiger partial charge in [0, 0.05) is 12.1 Å². The molecule has 1 saturated carbocycles. The quantitative estimate of drug-likeness (QED) is 0.821. The molecule has 1 fully saturated rings. The summed E-state index contributed by atoms with van der Waals surface area (Å²) in [5.41, 5.74) is 0.984. The van der Waals surface area contributed by atoms with Crippen LogP contribution < -0.4 is 10.1 Å². The standard InChI is InChI=1S/C14H20FNO/c1-3-16-13(11-5-6-11)9-17-14-8-12(15)7-4-10(14)2/h4,7-8,11,13,16H,3,5-6,9H2,1-2H3. The molecular formula is C14H20FNO. The van der Waals surface area contributed by atoms with Crippen LogP contribution in [-0.2, 0) is 0 Å². The molecule has 1 aliphatic rings. The molecule has 0 aliphatic heterocycles. The van der Waals surface area contributed by atoms with E-state index < -0.39 is 0 Å². The number of ether oxygens (including phenoxy) is 1. The summed E-state index contributed by atoms with van der Waals surface area (Å²) in [5, 5.41) is 3.43. The monoisotopic (exact) mass is 237 g/mol. The smallest absolute Gasteiger partial charge is 0.126 e. The second-order valence-corrected chi connectivity index (χ2v) is 4.72. The lowest BCUT2D eigenvalue weighted by atomic mass is 10.2. The largest absolute Gasteiger partial charge is 0.492 e. The van der Waals surface area contributed by atoms with Crippen molar-refractivity contribution in [2.24, 2.45) is 5.92 Å². The Morgan fingerprint density at radius 3 is 2.88 bits per heavy atom. The molecule has 1 unspecified atom stereocenters. The molecule has 1 aromatic rings. The SMILES string of the molecule is CCNC(COc1cc(F)ccc1C)C1CC1. The van der Waals surface area contributed by atoms with Gasteiger partial charge in [0.2, 0.25) is 0 Å². The Bertz CT molecular complexity index is 376. The molecule has 0 bridgehead atoms. The van der Waals surface area contributed by atoms with Gasteiger partial charge in [-0.1, -0.05) is 13.0 Å². The Balaban J connectivity index is 1.93. The molecular weight excluding hydrogens is 217 g/mol. The van der Waals surface area contributed by atoms with E-state index >= 15 is 0 Å². The van der Waals surface area contributed by atoms with Gasteiger partial charge in [-0.2, -0.15) is 0 Å². The van der Waals surface area contributed by atoms with Crippen LogP contribution in [-0.4, -0.2) is 19.2 Å². The van der Waals surface area contributed by atoms with Crippen LogP contribution in [0.5, 0.6) is 5.75 Å². The van der Waals surface area contributed by atoms with Crippen molar-refractivity contribution in [3.63, 3.8) is 0 Å². The van der Waals surface area contributed by atoms with Gasteiger partial charge in [-0.25, -0.2) is 4.39 Å². The average molecular weight is 237 g/mol. The molecule has 2 nitrogen and oxygen atoms in total. The Morgan fingerprint density at radius 1 is 1.47 bits per heavy atom. The van der Waals surface area contributed by atoms with E-state index in [1.54, 1.807) is 6.07 Å². The molecule has 1 N–H and O–H groups in total. The molecule has 94 valence electrons. The van der Waals surface area contributed by atoms with Gasteiger partial charge in [0.15, 0.2) is 0 Å². The predicted octanol–water partition coefficient (Wildman–Crippen LogP) is 2.90. The van der Waals surface area contributed by atoms with Crippen LogP contribution >= 0.6 is 0 Å². The molecule has 3 heteroatoms. The molecule has 0 aromatic heterocycles. The Kier molecular flexibility index (Phi) is 4.00. The third-order valence-electron chi connectivity index (χ3n) is 3.23. The van der Waals surface area contributed by atoms with Gasteiger partial charge in [0.1, 0.15) is 18.2 Å². The lowest BCUT2D eigenvalue weighted by Crippen LogP contribution is -2.36. The van der Waals surface area contributed by atoms with Crippen LogP contribution in [0, 0.1) is 18.7 Å². The summed E-state index contributed by atoms with van der Waals surface area (Å²) < 4.78 is 18.8. The second kappa shape index (κ2) is 5.50. The van der Waals surface area contributed by atoms with Gasteiger partial charge >= 0.3 is 0 Å². The van der Waals surface area contributed by atoms with Crippen molar-refractivity contribution >= 4 is 0 Å². The Morgan fingerprint density at radius 2 is 2.24 bits per heavy atom. The third kappa shape index (κ3) is 3.43. The van der Waals surface area contributed by atoms with Crippen molar-refractivity contribution in [2.45, 2.75) is 32.7 Å². The van der Waals surface area contributed by atoms with Crippen molar-refractivity contribution in [1.82, 2.24) is 5.32 Å². The summed E-state index contributed by atoms with van der Waals surface area (Å²) in [5.74, 6) is 1.16. The number of rotatable bonds is 6. The molecule has 0 amide bonds. The van der Waals surface area contributed by atoms with Crippen LogP contribution in [0.4, 0.5) is 4.39 Å². The fourth-order valence-electron chi connectivity index (χ4n) is 2.03. The second-order valence-electron chi connectivity index (χ2n) is 4.72. The lowest BCUT2D eigenvalue weighted by Gasteiger charge is -2.18. The van der Waals surface area contributed by atoms with E-state index in [2.05, 4.69) is 12.2 Å². The summed E-state index contributed by atoms with van der Waals surface area (Å²) in [6.45, 7) is 5.62. The first-order chi connectivity index (χ1) is 8.20. The highest BCUT2D eigenvalue weighted by Crippen LogP contribution is 2.33. The summed E-state index contributed by atoms with van der Waals surface area (Å²) in [6.07, 6.45) is 2.56. The zero-order valence-corrected chi connectivity index (χ0v) is 10.5. The predicted molar refractivity (Wildman–Crippen MR) is 66.8 cm³/mol. The topological polar surface area (TPSA) is 21.3 Å². The van der Waals surface area contributed by atoms with Gasteiger partial charge in [-0.15, -0.1) is 0 Å². The summed E-state index contributed by atoms with van der Waals surface area (Å²) in [4.78, 5) is 0. The van der Waals surface area contributed by atoms with Crippen molar-refractivity contribution in [3.8, 4) is 5.75 Å². The van der Waals surface area contributed by atoms with Gasteiger partial charge in [0.25, 0.3) is 0 Å². The Labute approximate surface area is 102 Å². The average Bonchev–Trinajstić information content (AvgIpc) is 3.12. The van der Waals surface area contributed by atoms with E-state index in [0.717, 1.165) is 18.0 Å². The zero-order valence-electron chi connectivity index (χ0n) is 10.5. The van der Waals surface area contributed by atoms with E-state index in [1.807, 2.05) is 6.92 Å². The molecule has 0 saturated heterocycles. The van der Waals surface area contributed by atoms with E-state index in [-0.39, 0.29) is 5.82 Å². The third-order valence-corrected chi connectivity index (χ3v) is 3.23. The van der Waals surface area contributed by atoms with Crippen molar-refractivity contribution < 1.29 is 9.13 Å². The van der Waals surface area contributed by atoms with Crippen LogP contribution in [0.25, 0.3) is 0 Å². The normalized spacial score (nSPS) is 16.9. The van der Waals surface area contributed by atoms with Gasteiger partial charge in [-0.3, -0.25) is 0 Å². The number of halogens is 1. The molecule has 2 rings (SSSR count). The van der Waals surface area contributed by atoms with E-state index in [0.29, 0.717) is 18.4 Å². The molecule has 1 atom stereocenters. The Hall–Kier alpha value is -1.09. The summed E-state index contributed by atoms with van der Waals surface area (Å²) in [6, 6.07) is 5.09. The van der Waals surface area contributed by atoms with Gasteiger partial charge in [-0.05, 0) is 43.9 Å². The molecule has 1 aliphatic carbocycles. The number of benzene rings is 1. The minimum atomic E-state index is -0.239. The molecule has 17 heavy (non-hydrogen) atoms. The summed E-state index contributed by atoms with van der Waals surface area (Å²) in [7, 11) is 0. The van der Waals surface area contributed by atoms with Crippen molar-refractivity contribution in [1.29, 1.82) is 0 Å². The molecule has 0 heterocycles. The summed E-state index contributed by atoms with van der Waals surface area (Å²) >= 11 is 0. The fraction of sp³-hybridized carbons (Fsp3) is 0.571. The maximum absolute atomic E-state index is 13.1. The number of hydrogen-bond acceptors (Lipinski definition) is 2. The maximum Gasteiger partial charge on any atom is 0.126 e. The first kappa shape index (κ1) is 12.4. The van der Waals surface area contributed by atoms with Gasteiger partial charge in [0.05, 0.1) is 0 Å². The molecule has 1 aromatic carbocycles. The maximum atomic E-state index is 13.1. The van der Waals surface area contributed by atoms with Crippen molar-refractivity contribution in [2.75, 3.05) is 13.2 Å². The fourth-order valence-corrected chi connectivity index (χ4v) is 2.03. The minimum Gasteiger partial charge on any atom is -0.492 e. The van der Waals surface area contributed by atoms with E-state index in [9.17, 15) is 4.39 Å². The lowest BCUT2D eigenvalue weighted by molar-refractivity contribution is 0.249. The first-order valence-corrected chi connectivity index (χ1v) is 6.33. The van der Waals surface area contributed by atoms with E-state index in [4.69, 9.17) is 4.74 Å².